The van der Waals surface area contributed by atoms with Gasteiger partial charge < -0.3 is 0 Å². The number of benzene rings is 1. The minimum Gasteiger partial charge on any atom is -0.300 e. The molecule has 1 unspecified atom stereocenters. The van der Waals surface area contributed by atoms with Crippen LogP contribution in [0, 0.1) is 19.3 Å². The molecule has 1 aromatic rings. The molecule has 0 aliphatic carbocycles. The Morgan fingerprint density at radius 3 is 2.80 bits per heavy atom. The molecule has 1 N–H and O–H groups in total. The third kappa shape index (κ3) is 3.58. The summed E-state index contributed by atoms with van der Waals surface area (Å²) >= 11 is 6.03. The van der Waals surface area contributed by atoms with Crippen molar-refractivity contribution in [2.75, 3.05) is 0 Å². The van der Waals surface area contributed by atoms with Crippen LogP contribution in [0.2, 0.25) is 5.02 Å². The molecule has 0 amide bonds. The summed E-state index contributed by atoms with van der Waals surface area (Å²) in [5, 5.41) is 4.10. The Morgan fingerprint density at radius 2 is 2.27 bits per heavy atom. The number of rotatable bonds is 4. The number of hydrogen-bond acceptors (Lipinski definition) is 1. The Morgan fingerprint density at radius 1 is 1.53 bits per heavy atom. The zero-order chi connectivity index (χ0) is 11.3. The van der Waals surface area contributed by atoms with Crippen molar-refractivity contribution in [3.05, 3.63) is 34.3 Å². The van der Waals surface area contributed by atoms with E-state index in [9.17, 15) is 0 Å². The first kappa shape index (κ1) is 12.1. The number of hydrogen-bond donors (Lipinski definition) is 1. The normalized spacial score (nSPS) is 12.1. The summed E-state index contributed by atoms with van der Waals surface area (Å²) in [5.74, 6) is 2.70. The van der Waals surface area contributed by atoms with Gasteiger partial charge in [0.1, 0.15) is 0 Å². The largest absolute Gasteiger partial charge is 0.300 e. The van der Waals surface area contributed by atoms with Crippen molar-refractivity contribution < 1.29 is 0 Å². The highest BCUT2D eigenvalue weighted by Crippen LogP contribution is 2.16. The summed E-state index contributed by atoms with van der Waals surface area (Å²) in [6, 6.07) is 6.21. The van der Waals surface area contributed by atoms with E-state index in [0.29, 0.717) is 0 Å². The van der Waals surface area contributed by atoms with Gasteiger partial charge in [-0.2, -0.15) is 0 Å². The molecule has 1 aromatic carbocycles. The highest BCUT2D eigenvalue weighted by atomic mass is 35.5. The van der Waals surface area contributed by atoms with Gasteiger partial charge in [0.15, 0.2) is 0 Å². The van der Waals surface area contributed by atoms with Crippen LogP contribution in [-0.4, -0.2) is 6.04 Å². The fourth-order valence-corrected chi connectivity index (χ4v) is 1.51. The summed E-state index contributed by atoms with van der Waals surface area (Å²) in [4.78, 5) is 0. The van der Waals surface area contributed by atoms with Gasteiger partial charge in [0, 0.05) is 11.6 Å². The molecule has 1 rings (SSSR count). The molecule has 0 radical (unpaired) electrons. The molecule has 15 heavy (non-hydrogen) atoms. The molecule has 0 saturated heterocycles. The van der Waals surface area contributed by atoms with Gasteiger partial charge in [0.25, 0.3) is 0 Å². The van der Waals surface area contributed by atoms with Gasteiger partial charge in [-0.3, -0.25) is 5.32 Å². The number of halogens is 1. The lowest BCUT2D eigenvalue weighted by Crippen LogP contribution is -2.26. The average molecular weight is 222 g/mol. The van der Waals surface area contributed by atoms with Crippen LogP contribution in [0.15, 0.2) is 18.2 Å². The molecule has 1 atom stereocenters. The Labute approximate surface area is 96.8 Å². The first-order chi connectivity index (χ1) is 7.17. The second-order valence-corrected chi connectivity index (χ2v) is 4.00. The summed E-state index contributed by atoms with van der Waals surface area (Å²) < 4.78 is 0. The van der Waals surface area contributed by atoms with E-state index in [2.05, 4.69) is 24.2 Å². The Bertz CT molecular complexity index is 365. The highest BCUT2D eigenvalue weighted by Gasteiger charge is 2.02. The van der Waals surface area contributed by atoms with Gasteiger partial charge in [-0.05, 0) is 30.5 Å². The molecule has 1 nitrogen and oxygen atoms in total. The molecule has 0 bridgehead atoms. The molecule has 0 aliphatic rings. The number of aryl methyl sites for hydroxylation is 1. The minimum absolute atomic E-state index is 0.144. The number of terminal acetylenes is 1. The van der Waals surface area contributed by atoms with Crippen LogP contribution >= 0.6 is 11.6 Å². The average Bonchev–Trinajstić information content (AvgIpc) is 2.24. The predicted molar refractivity (Wildman–Crippen MR) is 65.9 cm³/mol. The van der Waals surface area contributed by atoms with Crippen LogP contribution in [0.1, 0.15) is 24.5 Å². The van der Waals surface area contributed by atoms with E-state index in [0.717, 1.165) is 23.6 Å². The van der Waals surface area contributed by atoms with Gasteiger partial charge in [-0.25, -0.2) is 0 Å². The zero-order valence-corrected chi connectivity index (χ0v) is 9.93. The third-order valence-corrected chi connectivity index (χ3v) is 2.81. The molecule has 0 saturated carbocycles. The first-order valence-corrected chi connectivity index (χ1v) is 5.49. The van der Waals surface area contributed by atoms with E-state index < -0.39 is 0 Å². The topological polar surface area (TPSA) is 12.0 Å². The lowest BCUT2D eigenvalue weighted by atomic mass is 10.1. The third-order valence-electron chi connectivity index (χ3n) is 2.40. The standard InChI is InChI=1S/C13H16ClN/c1-4-12(5-2)15-9-11-7-6-10(3)13(14)8-11/h1,6-8,12,15H,5,9H2,2-3H3. The van der Waals surface area contributed by atoms with Crippen LogP contribution in [0.5, 0.6) is 0 Å². The maximum atomic E-state index is 6.03. The maximum absolute atomic E-state index is 6.03. The molecular formula is C13H16ClN. The van der Waals surface area contributed by atoms with Crippen LogP contribution in [0.4, 0.5) is 0 Å². The molecule has 0 aliphatic heterocycles. The van der Waals surface area contributed by atoms with Gasteiger partial charge in [-0.1, -0.05) is 36.6 Å². The van der Waals surface area contributed by atoms with E-state index in [-0.39, 0.29) is 6.04 Å². The summed E-state index contributed by atoms with van der Waals surface area (Å²) in [7, 11) is 0. The van der Waals surface area contributed by atoms with E-state index >= 15 is 0 Å². The van der Waals surface area contributed by atoms with Crippen molar-refractivity contribution in [2.45, 2.75) is 32.9 Å². The lowest BCUT2D eigenvalue weighted by molar-refractivity contribution is 0.592. The lowest BCUT2D eigenvalue weighted by Gasteiger charge is -2.11. The molecule has 80 valence electrons. The molecule has 0 spiro atoms. The second-order valence-electron chi connectivity index (χ2n) is 3.59. The minimum atomic E-state index is 0.144. The van der Waals surface area contributed by atoms with Crippen molar-refractivity contribution in [2.24, 2.45) is 0 Å². The number of nitrogens with one attached hydrogen (secondary N) is 1. The van der Waals surface area contributed by atoms with Crippen molar-refractivity contribution in [3.63, 3.8) is 0 Å². The van der Waals surface area contributed by atoms with Gasteiger partial charge in [0.2, 0.25) is 0 Å². The van der Waals surface area contributed by atoms with Crippen molar-refractivity contribution in [1.29, 1.82) is 0 Å². The second kappa shape index (κ2) is 5.80. The molecule has 0 heterocycles. The summed E-state index contributed by atoms with van der Waals surface area (Å²) in [6.45, 7) is 4.83. The SMILES string of the molecule is C#CC(CC)NCc1ccc(C)c(Cl)c1. The molecule has 0 fully saturated rings. The monoisotopic (exact) mass is 221 g/mol. The Hall–Kier alpha value is -0.970. The summed E-state index contributed by atoms with van der Waals surface area (Å²) in [6.07, 6.45) is 6.30. The molecule has 0 aromatic heterocycles. The van der Waals surface area contributed by atoms with E-state index in [1.54, 1.807) is 0 Å². The van der Waals surface area contributed by atoms with Crippen molar-refractivity contribution in [1.82, 2.24) is 5.32 Å². The highest BCUT2D eigenvalue weighted by molar-refractivity contribution is 6.31. The maximum Gasteiger partial charge on any atom is 0.0686 e. The Kier molecular flexibility index (Phi) is 4.68. The fraction of sp³-hybridized carbons (Fsp3) is 0.385. The van der Waals surface area contributed by atoms with Crippen LogP contribution < -0.4 is 5.32 Å². The summed E-state index contributed by atoms with van der Waals surface area (Å²) in [5.41, 5.74) is 2.27. The van der Waals surface area contributed by atoms with Gasteiger partial charge >= 0.3 is 0 Å². The molecule has 2 heteroatoms. The molecular weight excluding hydrogens is 206 g/mol. The smallest absolute Gasteiger partial charge is 0.0686 e. The predicted octanol–water partition coefficient (Wildman–Crippen LogP) is 3.15. The van der Waals surface area contributed by atoms with Gasteiger partial charge in [-0.15, -0.1) is 6.42 Å². The van der Waals surface area contributed by atoms with Crippen LogP contribution in [0.25, 0.3) is 0 Å². The first-order valence-electron chi connectivity index (χ1n) is 5.12. The van der Waals surface area contributed by atoms with Crippen molar-refractivity contribution in [3.8, 4) is 12.3 Å². The van der Waals surface area contributed by atoms with E-state index in [1.807, 2.05) is 19.1 Å². The van der Waals surface area contributed by atoms with E-state index in [1.165, 1.54) is 5.56 Å². The van der Waals surface area contributed by atoms with E-state index in [4.69, 9.17) is 18.0 Å². The van der Waals surface area contributed by atoms with Crippen LogP contribution in [0.3, 0.4) is 0 Å². The van der Waals surface area contributed by atoms with Gasteiger partial charge in [0.05, 0.1) is 6.04 Å². The van der Waals surface area contributed by atoms with Crippen molar-refractivity contribution >= 4 is 11.6 Å². The zero-order valence-electron chi connectivity index (χ0n) is 9.18. The Balaban J connectivity index is 2.59. The van der Waals surface area contributed by atoms with Crippen LogP contribution in [-0.2, 0) is 6.54 Å². The fourth-order valence-electron chi connectivity index (χ4n) is 1.31. The quantitative estimate of drug-likeness (QED) is 0.771.